The Morgan fingerprint density at radius 1 is 1.00 bits per heavy atom. The predicted octanol–water partition coefficient (Wildman–Crippen LogP) is 3.47. The molecular weight excluding hydrogens is 286 g/mol. The molecule has 4 heteroatoms. The zero-order valence-corrected chi connectivity index (χ0v) is 13.1. The van der Waals surface area contributed by atoms with Crippen LogP contribution in [0.4, 0.5) is 0 Å². The second-order valence-corrected chi connectivity index (χ2v) is 5.36. The Hall–Kier alpha value is -1.71. The van der Waals surface area contributed by atoms with Crippen molar-refractivity contribution < 1.29 is 9.47 Å². The first-order valence-electron chi connectivity index (χ1n) is 6.84. The minimum atomic E-state index is 0.00278. The van der Waals surface area contributed by atoms with Crippen molar-refractivity contribution in [3.63, 3.8) is 0 Å². The molecular formula is C17H20ClNO2. The van der Waals surface area contributed by atoms with Gasteiger partial charge in [0, 0.05) is 11.1 Å². The first-order chi connectivity index (χ1) is 10.1. The number of halogens is 1. The third-order valence-corrected chi connectivity index (χ3v) is 3.75. The van der Waals surface area contributed by atoms with Crippen molar-refractivity contribution in [1.82, 2.24) is 0 Å². The van der Waals surface area contributed by atoms with Crippen LogP contribution in [0.3, 0.4) is 0 Å². The lowest BCUT2D eigenvalue weighted by Gasteiger charge is -2.14. The van der Waals surface area contributed by atoms with Crippen molar-refractivity contribution in [2.24, 2.45) is 5.73 Å². The summed E-state index contributed by atoms with van der Waals surface area (Å²) in [6, 6.07) is 13.7. The van der Waals surface area contributed by atoms with Gasteiger partial charge in [-0.25, -0.2) is 0 Å². The Kier molecular flexibility index (Phi) is 5.48. The Bertz CT molecular complexity index is 601. The van der Waals surface area contributed by atoms with E-state index < -0.39 is 0 Å². The van der Waals surface area contributed by atoms with E-state index in [1.165, 1.54) is 0 Å². The fourth-order valence-electron chi connectivity index (χ4n) is 2.33. The van der Waals surface area contributed by atoms with Crippen LogP contribution in [0.5, 0.6) is 11.5 Å². The molecule has 0 spiro atoms. The number of hydrogen-bond acceptors (Lipinski definition) is 3. The maximum atomic E-state index is 6.24. The highest BCUT2D eigenvalue weighted by Crippen LogP contribution is 2.28. The predicted molar refractivity (Wildman–Crippen MR) is 86.4 cm³/mol. The van der Waals surface area contributed by atoms with E-state index in [1.807, 2.05) is 42.5 Å². The van der Waals surface area contributed by atoms with Gasteiger partial charge in [0.25, 0.3) is 0 Å². The summed E-state index contributed by atoms with van der Waals surface area (Å²) in [6.07, 6.45) is 1.50. The molecule has 0 heterocycles. The molecule has 0 saturated heterocycles. The maximum Gasteiger partial charge on any atom is 0.160 e. The van der Waals surface area contributed by atoms with Gasteiger partial charge in [-0.1, -0.05) is 35.9 Å². The van der Waals surface area contributed by atoms with Gasteiger partial charge in [0.15, 0.2) is 11.5 Å². The number of hydrogen-bond donors (Lipinski definition) is 1. The summed E-state index contributed by atoms with van der Waals surface area (Å²) in [7, 11) is 3.26. The van der Waals surface area contributed by atoms with Gasteiger partial charge in [0.1, 0.15) is 0 Å². The molecule has 112 valence electrons. The molecule has 21 heavy (non-hydrogen) atoms. The van der Waals surface area contributed by atoms with Crippen molar-refractivity contribution >= 4 is 11.6 Å². The molecule has 0 aliphatic rings. The normalized spacial score (nSPS) is 12.0. The van der Waals surface area contributed by atoms with E-state index in [0.717, 1.165) is 40.5 Å². The average molecular weight is 306 g/mol. The molecule has 0 aliphatic heterocycles. The standard InChI is InChI=1S/C17H20ClNO2/c1-20-16-8-7-12(10-17(16)21-2)9-14(19)11-13-5-3-4-6-15(13)18/h3-8,10,14H,9,11,19H2,1-2H3. The topological polar surface area (TPSA) is 44.5 Å². The lowest BCUT2D eigenvalue weighted by Crippen LogP contribution is -2.25. The molecule has 1 atom stereocenters. The van der Waals surface area contributed by atoms with E-state index in [-0.39, 0.29) is 6.04 Å². The van der Waals surface area contributed by atoms with Gasteiger partial charge in [-0.2, -0.15) is 0 Å². The summed E-state index contributed by atoms with van der Waals surface area (Å²) in [5, 5.41) is 0.764. The largest absolute Gasteiger partial charge is 0.493 e. The van der Waals surface area contributed by atoms with Gasteiger partial charge in [0.2, 0.25) is 0 Å². The van der Waals surface area contributed by atoms with Gasteiger partial charge in [-0.3, -0.25) is 0 Å². The maximum absolute atomic E-state index is 6.24. The fourth-order valence-corrected chi connectivity index (χ4v) is 2.54. The zero-order chi connectivity index (χ0) is 15.2. The molecule has 2 rings (SSSR count). The lowest BCUT2D eigenvalue weighted by atomic mass is 9.99. The number of ether oxygens (including phenoxy) is 2. The number of nitrogens with two attached hydrogens (primary N) is 1. The molecule has 0 radical (unpaired) electrons. The SMILES string of the molecule is COc1ccc(CC(N)Cc2ccccc2Cl)cc1OC. The molecule has 0 aliphatic carbocycles. The second-order valence-electron chi connectivity index (χ2n) is 4.95. The van der Waals surface area contributed by atoms with E-state index >= 15 is 0 Å². The number of benzene rings is 2. The lowest BCUT2D eigenvalue weighted by molar-refractivity contribution is 0.354. The molecule has 2 aromatic rings. The highest BCUT2D eigenvalue weighted by atomic mass is 35.5. The summed E-state index contributed by atoms with van der Waals surface area (Å²) in [4.78, 5) is 0. The van der Waals surface area contributed by atoms with Crippen LogP contribution in [0, 0.1) is 0 Å². The number of methoxy groups -OCH3 is 2. The Balaban J connectivity index is 2.06. The van der Waals surface area contributed by atoms with Gasteiger partial charge in [0.05, 0.1) is 14.2 Å². The van der Waals surface area contributed by atoms with Crippen LogP contribution in [-0.2, 0) is 12.8 Å². The first-order valence-corrected chi connectivity index (χ1v) is 7.21. The van der Waals surface area contributed by atoms with E-state index in [1.54, 1.807) is 14.2 Å². The summed E-state index contributed by atoms with van der Waals surface area (Å²) >= 11 is 6.17. The van der Waals surface area contributed by atoms with Gasteiger partial charge >= 0.3 is 0 Å². The highest BCUT2D eigenvalue weighted by molar-refractivity contribution is 6.31. The summed E-state index contributed by atoms with van der Waals surface area (Å²) in [6.45, 7) is 0. The molecule has 1 unspecified atom stereocenters. The Morgan fingerprint density at radius 3 is 2.38 bits per heavy atom. The van der Waals surface area contributed by atoms with E-state index in [9.17, 15) is 0 Å². The molecule has 2 aromatic carbocycles. The highest BCUT2D eigenvalue weighted by Gasteiger charge is 2.10. The molecule has 0 fully saturated rings. The third kappa shape index (κ3) is 4.13. The van der Waals surface area contributed by atoms with Crippen LogP contribution < -0.4 is 15.2 Å². The Labute approximate surface area is 130 Å². The summed E-state index contributed by atoms with van der Waals surface area (Å²) in [5.74, 6) is 1.45. The van der Waals surface area contributed by atoms with Crippen molar-refractivity contribution in [1.29, 1.82) is 0 Å². The van der Waals surface area contributed by atoms with Gasteiger partial charge in [-0.15, -0.1) is 0 Å². The average Bonchev–Trinajstić information content (AvgIpc) is 2.49. The van der Waals surface area contributed by atoms with Crippen molar-refractivity contribution in [2.45, 2.75) is 18.9 Å². The van der Waals surface area contributed by atoms with Crippen LogP contribution in [0.25, 0.3) is 0 Å². The van der Waals surface area contributed by atoms with E-state index in [4.69, 9.17) is 26.8 Å². The minimum Gasteiger partial charge on any atom is -0.493 e. The quantitative estimate of drug-likeness (QED) is 0.889. The molecule has 0 aromatic heterocycles. The van der Waals surface area contributed by atoms with Crippen LogP contribution in [-0.4, -0.2) is 20.3 Å². The molecule has 0 saturated carbocycles. The second kappa shape index (κ2) is 7.34. The van der Waals surface area contributed by atoms with Crippen LogP contribution in [0.15, 0.2) is 42.5 Å². The van der Waals surface area contributed by atoms with Crippen LogP contribution in [0.2, 0.25) is 5.02 Å². The van der Waals surface area contributed by atoms with Crippen LogP contribution in [0.1, 0.15) is 11.1 Å². The first kappa shape index (κ1) is 15.7. The molecule has 2 N–H and O–H groups in total. The third-order valence-electron chi connectivity index (χ3n) is 3.39. The van der Waals surface area contributed by atoms with Crippen molar-refractivity contribution in [3.8, 4) is 11.5 Å². The molecule has 0 amide bonds. The number of rotatable bonds is 6. The van der Waals surface area contributed by atoms with Crippen molar-refractivity contribution in [2.75, 3.05) is 14.2 Å². The zero-order valence-electron chi connectivity index (χ0n) is 12.3. The minimum absolute atomic E-state index is 0.00278. The van der Waals surface area contributed by atoms with Gasteiger partial charge in [-0.05, 0) is 42.2 Å². The molecule has 3 nitrogen and oxygen atoms in total. The monoisotopic (exact) mass is 305 g/mol. The summed E-state index contributed by atoms with van der Waals surface area (Å²) < 4.78 is 10.5. The van der Waals surface area contributed by atoms with Crippen LogP contribution >= 0.6 is 11.6 Å². The van der Waals surface area contributed by atoms with Crippen molar-refractivity contribution in [3.05, 3.63) is 58.6 Å². The van der Waals surface area contributed by atoms with E-state index in [2.05, 4.69) is 0 Å². The molecule has 0 bridgehead atoms. The smallest absolute Gasteiger partial charge is 0.160 e. The van der Waals surface area contributed by atoms with Gasteiger partial charge < -0.3 is 15.2 Å². The summed E-state index contributed by atoms with van der Waals surface area (Å²) in [5.41, 5.74) is 8.43. The fraction of sp³-hybridized carbons (Fsp3) is 0.294. The van der Waals surface area contributed by atoms with E-state index in [0.29, 0.717) is 0 Å². The Morgan fingerprint density at radius 2 is 1.71 bits per heavy atom.